The Morgan fingerprint density at radius 1 is 0.871 bits per heavy atom. The zero-order chi connectivity index (χ0) is 21.4. The molecule has 1 unspecified atom stereocenters. The molecule has 31 heavy (non-hydrogen) atoms. The standard InChI is InChI=1S/C25H17Cl2N3O/c26-19-7-4-16(5-8-19)25(30-11-10-28-15-30)18-6-9-23-22(13-18)21(14-24(31)29-23)17-2-1-3-20(27)12-17/h1-15,25H,(H,29,31). The number of fused-ring (bicyclic) bond motifs is 1. The highest BCUT2D eigenvalue weighted by Gasteiger charge is 2.18. The molecule has 5 rings (SSSR count). The molecule has 0 spiro atoms. The summed E-state index contributed by atoms with van der Waals surface area (Å²) in [6, 6.07) is 22.9. The fraction of sp³-hybridized carbons (Fsp3) is 0.0400. The Labute approximate surface area is 188 Å². The predicted octanol–water partition coefficient (Wildman–Crippen LogP) is 6.34. The molecule has 6 heteroatoms. The summed E-state index contributed by atoms with van der Waals surface area (Å²) in [7, 11) is 0. The van der Waals surface area contributed by atoms with Gasteiger partial charge in [-0.25, -0.2) is 4.98 Å². The molecule has 0 aliphatic rings. The number of rotatable bonds is 4. The van der Waals surface area contributed by atoms with Gasteiger partial charge in [0.15, 0.2) is 0 Å². The minimum Gasteiger partial charge on any atom is -0.326 e. The van der Waals surface area contributed by atoms with E-state index in [0.29, 0.717) is 10.0 Å². The average Bonchev–Trinajstić information content (AvgIpc) is 3.29. The molecule has 2 heterocycles. The highest BCUT2D eigenvalue weighted by atomic mass is 35.5. The Morgan fingerprint density at radius 3 is 2.42 bits per heavy atom. The summed E-state index contributed by atoms with van der Waals surface area (Å²) in [4.78, 5) is 19.5. The molecule has 1 N–H and O–H groups in total. The first-order valence-electron chi connectivity index (χ1n) is 9.74. The molecule has 152 valence electrons. The fourth-order valence-electron chi connectivity index (χ4n) is 3.94. The third-order valence-electron chi connectivity index (χ3n) is 5.33. The summed E-state index contributed by atoms with van der Waals surface area (Å²) in [6.07, 6.45) is 5.50. The third-order valence-corrected chi connectivity index (χ3v) is 5.81. The summed E-state index contributed by atoms with van der Waals surface area (Å²) in [5.74, 6) is 0. The summed E-state index contributed by atoms with van der Waals surface area (Å²) in [6.45, 7) is 0. The van der Waals surface area contributed by atoms with Crippen LogP contribution in [0.15, 0.2) is 96.3 Å². The Bertz CT molecular complexity index is 1420. The fourth-order valence-corrected chi connectivity index (χ4v) is 4.26. The molecule has 0 radical (unpaired) electrons. The summed E-state index contributed by atoms with van der Waals surface area (Å²) >= 11 is 12.3. The van der Waals surface area contributed by atoms with E-state index in [1.807, 2.05) is 66.9 Å². The quantitative estimate of drug-likeness (QED) is 0.351. The number of aromatic amines is 1. The van der Waals surface area contributed by atoms with E-state index >= 15 is 0 Å². The van der Waals surface area contributed by atoms with Crippen molar-refractivity contribution in [2.24, 2.45) is 0 Å². The van der Waals surface area contributed by atoms with Crippen molar-refractivity contribution in [3.63, 3.8) is 0 Å². The number of nitrogens with zero attached hydrogens (tertiary/aromatic N) is 2. The van der Waals surface area contributed by atoms with Crippen molar-refractivity contribution in [2.75, 3.05) is 0 Å². The number of halogens is 2. The maximum atomic E-state index is 12.3. The molecule has 2 aromatic heterocycles. The van der Waals surface area contributed by atoms with Gasteiger partial charge in [0, 0.05) is 39.4 Å². The Kier molecular flexibility index (Phi) is 5.10. The number of nitrogens with one attached hydrogen (secondary N) is 1. The van der Waals surface area contributed by atoms with Crippen molar-refractivity contribution in [3.8, 4) is 11.1 Å². The second-order valence-corrected chi connectivity index (χ2v) is 8.20. The summed E-state index contributed by atoms with van der Waals surface area (Å²) in [5, 5.41) is 2.26. The molecule has 0 aliphatic heterocycles. The molecule has 3 aromatic carbocycles. The lowest BCUT2D eigenvalue weighted by Gasteiger charge is -2.21. The molecular weight excluding hydrogens is 429 g/mol. The number of pyridine rings is 1. The van der Waals surface area contributed by atoms with E-state index in [4.69, 9.17) is 23.2 Å². The zero-order valence-electron chi connectivity index (χ0n) is 16.3. The zero-order valence-corrected chi connectivity index (χ0v) is 17.8. The first-order chi connectivity index (χ1) is 15.1. The van der Waals surface area contributed by atoms with Crippen molar-refractivity contribution in [1.29, 1.82) is 0 Å². The van der Waals surface area contributed by atoms with Crippen LogP contribution in [0.4, 0.5) is 0 Å². The molecule has 0 fully saturated rings. The molecule has 0 saturated carbocycles. The normalized spacial score (nSPS) is 12.2. The van der Waals surface area contributed by atoms with Crippen molar-refractivity contribution >= 4 is 34.1 Å². The molecule has 0 saturated heterocycles. The third kappa shape index (κ3) is 3.88. The van der Waals surface area contributed by atoms with Crippen LogP contribution < -0.4 is 5.56 Å². The van der Waals surface area contributed by atoms with Crippen molar-refractivity contribution in [3.05, 3.63) is 123 Å². The van der Waals surface area contributed by atoms with Crippen LogP contribution in [-0.2, 0) is 0 Å². The topological polar surface area (TPSA) is 50.7 Å². The maximum absolute atomic E-state index is 12.3. The predicted molar refractivity (Wildman–Crippen MR) is 126 cm³/mol. The van der Waals surface area contributed by atoms with Crippen LogP contribution in [0.25, 0.3) is 22.0 Å². The highest BCUT2D eigenvalue weighted by Crippen LogP contribution is 2.33. The Morgan fingerprint density at radius 2 is 1.68 bits per heavy atom. The van der Waals surface area contributed by atoms with E-state index in [-0.39, 0.29) is 11.6 Å². The van der Waals surface area contributed by atoms with Crippen LogP contribution in [0, 0.1) is 0 Å². The van der Waals surface area contributed by atoms with Crippen molar-refractivity contribution in [1.82, 2.24) is 14.5 Å². The lowest BCUT2D eigenvalue weighted by molar-refractivity contribution is 0.677. The lowest BCUT2D eigenvalue weighted by atomic mass is 9.94. The van der Waals surface area contributed by atoms with E-state index in [0.717, 1.165) is 33.2 Å². The number of hydrogen-bond donors (Lipinski definition) is 1. The van der Waals surface area contributed by atoms with Gasteiger partial charge in [-0.15, -0.1) is 0 Å². The number of H-pyrrole nitrogens is 1. The number of imidazole rings is 1. The van der Waals surface area contributed by atoms with Crippen LogP contribution in [0.2, 0.25) is 10.0 Å². The van der Waals surface area contributed by atoms with Gasteiger partial charge in [0.1, 0.15) is 0 Å². The number of hydrogen-bond acceptors (Lipinski definition) is 2. The van der Waals surface area contributed by atoms with Gasteiger partial charge >= 0.3 is 0 Å². The van der Waals surface area contributed by atoms with E-state index in [1.165, 1.54) is 0 Å². The van der Waals surface area contributed by atoms with Gasteiger partial charge in [0.25, 0.3) is 0 Å². The van der Waals surface area contributed by atoms with Gasteiger partial charge < -0.3 is 9.55 Å². The molecular formula is C25H17Cl2N3O. The van der Waals surface area contributed by atoms with Gasteiger partial charge in [-0.2, -0.15) is 0 Å². The first-order valence-corrected chi connectivity index (χ1v) is 10.5. The minimum atomic E-state index is -0.154. The van der Waals surface area contributed by atoms with E-state index in [2.05, 4.69) is 20.6 Å². The molecule has 0 amide bonds. The van der Waals surface area contributed by atoms with Crippen LogP contribution >= 0.6 is 23.2 Å². The van der Waals surface area contributed by atoms with Crippen molar-refractivity contribution in [2.45, 2.75) is 6.04 Å². The molecule has 0 aliphatic carbocycles. The minimum absolute atomic E-state index is 0.0942. The second kappa shape index (κ2) is 8.06. The SMILES string of the molecule is O=c1cc(-c2cccc(Cl)c2)c2cc(C(c3ccc(Cl)cc3)n3ccnc3)ccc2[nH]1. The van der Waals surface area contributed by atoms with E-state index in [1.54, 1.807) is 18.6 Å². The Hall–Kier alpha value is -3.34. The van der Waals surface area contributed by atoms with Crippen LogP contribution in [0.3, 0.4) is 0 Å². The van der Waals surface area contributed by atoms with Crippen molar-refractivity contribution < 1.29 is 0 Å². The Balaban J connectivity index is 1.74. The molecule has 4 nitrogen and oxygen atoms in total. The van der Waals surface area contributed by atoms with Gasteiger partial charge in [-0.1, -0.05) is 53.5 Å². The van der Waals surface area contributed by atoms with Crippen LogP contribution in [-0.4, -0.2) is 14.5 Å². The van der Waals surface area contributed by atoms with Crippen LogP contribution in [0.5, 0.6) is 0 Å². The first kappa shape index (κ1) is 19.6. The van der Waals surface area contributed by atoms with Crippen LogP contribution in [0.1, 0.15) is 17.2 Å². The van der Waals surface area contributed by atoms with E-state index in [9.17, 15) is 4.79 Å². The largest absolute Gasteiger partial charge is 0.326 e. The molecule has 0 bridgehead atoms. The van der Waals surface area contributed by atoms with E-state index < -0.39 is 0 Å². The van der Waals surface area contributed by atoms with Gasteiger partial charge in [0.05, 0.1) is 12.4 Å². The maximum Gasteiger partial charge on any atom is 0.249 e. The average molecular weight is 446 g/mol. The summed E-state index contributed by atoms with van der Waals surface area (Å²) in [5.41, 5.74) is 4.49. The van der Waals surface area contributed by atoms with Gasteiger partial charge in [-0.3, -0.25) is 4.79 Å². The number of benzene rings is 3. The molecule has 5 aromatic rings. The highest BCUT2D eigenvalue weighted by molar-refractivity contribution is 6.31. The monoisotopic (exact) mass is 445 g/mol. The number of aromatic nitrogens is 3. The van der Waals surface area contributed by atoms with Gasteiger partial charge in [-0.05, 0) is 58.7 Å². The second-order valence-electron chi connectivity index (χ2n) is 7.33. The lowest BCUT2D eigenvalue weighted by Crippen LogP contribution is -2.11. The molecule has 1 atom stereocenters. The smallest absolute Gasteiger partial charge is 0.249 e. The van der Waals surface area contributed by atoms with Gasteiger partial charge in [0.2, 0.25) is 5.56 Å². The summed E-state index contributed by atoms with van der Waals surface area (Å²) < 4.78 is 2.05.